The minimum atomic E-state index is -2.30. The smallest absolute Gasteiger partial charge is 0.247 e. The molecule has 0 saturated carbocycles. The van der Waals surface area contributed by atoms with Gasteiger partial charge in [-0.05, 0) is 45.4 Å². The zero-order chi connectivity index (χ0) is 14.7. The Morgan fingerprint density at radius 1 is 1.32 bits per heavy atom. The van der Waals surface area contributed by atoms with Crippen LogP contribution in [0.4, 0.5) is 0 Å². The lowest BCUT2D eigenvalue weighted by molar-refractivity contribution is -0.117. The lowest BCUT2D eigenvalue weighted by atomic mass is 9.84. The number of ketones is 1. The normalized spacial score (nSPS) is 22.2. The van der Waals surface area contributed by atoms with Crippen molar-refractivity contribution in [3.05, 3.63) is 0 Å². The van der Waals surface area contributed by atoms with Crippen LogP contribution in [0.15, 0.2) is 0 Å². The van der Waals surface area contributed by atoms with E-state index in [1.165, 1.54) is 11.4 Å². The first-order valence-corrected chi connectivity index (χ1v) is 10.8. The summed E-state index contributed by atoms with van der Waals surface area (Å²) in [5.41, 5.74) is -2.18. The van der Waals surface area contributed by atoms with E-state index in [1.54, 1.807) is 6.92 Å². The average Bonchev–Trinajstić information content (AvgIpc) is 2.28. The van der Waals surface area contributed by atoms with Crippen LogP contribution in [-0.4, -0.2) is 23.7 Å². The molecular weight excluding hydrogens is 299 g/mol. The summed E-state index contributed by atoms with van der Waals surface area (Å²) >= 11 is 7.11. The molecule has 0 spiro atoms. The first-order chi connectivity index (χ1) is 8.66. The second-order valence-electron chi connectivity index (χ2n) is 5.93. The van der Waals surface area contributed by atoms with Crippen molar-refractivity contribution in [2.24, 2.45) is 5.41 Å². The van der Waals surface area contributed by atoms with Crippen LogP contribution >= 0.6 is 17.1 Å². The Labute approximate surface area is 126 Å². The molecule has 3 nitrogen and oxygen atoms in total. The largest absolute Gasteiger partial charge is 0.321 e. The number of hydrogen-bond acceptors (Lipinski definition) is 5. The van der Waals surface area contributed by atoms with Gasteiger partial charge in [0.25, 0.3) is 0 Å². The molecule has 0 aliphatic carbocycles. The highest BCUT2D eigenvalue weighted by Gasteiger charge is 2.41. The molecule has 0 N–H and O–H groups in total. The van der Waals surface area contributed by atoms with Crippen molar-refractivity contribution >= 4 is 34.7 Å². The summed E-state index contributed by atoms with van der Waals surface area (Å²) in [5, 5.41) is 0. The van der Waals surface area contributed by atoms with Gasteiger partial charge in [0.15, 0.2) is 0 Å². The third kappa shape index (κ3) is 5.13. The highest BCUT2D eigenvalue weighted by atomic mass is 32.9. The number of rotatable bonds is 6. The molecule has 1 rings (SSSR count). The van der Waals surface area contributed by atoms with Gasteiger partial charge >= 0.3 is 0 Å². The first kappa shape index (κ1) is 17.6. The maximum atomic E-state index is 11.3. The number of carbonyl (C=O) groups is 1. The van der Waals surface area contributed by atoms with E-state index in [-0.39, 0.29) is 15.9 Å². The summed E-state index contributed by atoms with van der Waals surface area (Å²) in [5.74, 6) is 0.174. The van der Waals surface area contributed by atoms with Gasteiger partial charge in [-0.3, -0.25) is 4.79 Å². The van der Waals surface area contributed by atoms with Crippen LogP contribution in [0.3, 0.4) is 0 Å². The summed E-state index contributed by atoms with van der Waals surface area (Å²) in [6, 6.07) is 0. The molecule has 0 aromatic heterocycles. The molecule has 1 fully saturated rings. The van der Waals surface area contributed by atoms with Gasteiger partial charge in [0.05, 0.1) is 13.2 Å². The maximum Gasteiger partial charge on any atom is 0.247 e. The molecule has 19 heavy (non-hydrogen) atoms. The molecule has 1 aliphatic heterocycles. The molecule has 6 heteroatoms. The zero-order valence-electron chi connectivity index (χ0n) is 12.5. The fourth-order valence-electron chi connectivity index (χ4n) is 2.16. The topological polar surface area (TPSA) is 35.5 Å². The van der Waals surface area contributed by atoms with E-state index in [2.05, 4.69) is 13.8 Å². The number of hydrogen-bond donors (Lipinski definition) is 0. The lowest BCUT2D eigenvalue weighted by Gasteiger charge is -2.41. The standard InChI is InChI=1S/C13H25O3PS2/c1-6-13(7-2)9-15-17(18,16-10-13)19-12(4,5)8-11(3)14/h6-10H2,1-5H3. The maximum absolute atomic E-state index is 11.3. The van der Waals surface area contributed by atoms with Gasteiger partial charge in [-0.15, -0.1) is 0 Å². The van der Waals surface area contributed by atoms with Crippen molar-refractivity contribution in [3.8, 4) is 0 Å². The van der Waals surface area contributed by atoms with Crippen LogP contribution in [0.5, 0.6) is 0 Å². The van der Waals surface area contributed by atoms with Crippen LogP contribution in [0, 0.1) is 5.41 Å². The van der Waals surface area contributed by atoms with Crippen LogP contribution in [0.25, 0.3) is 0 Å². The molecule has 112 valence electrons. The summed E-state index contributed by atoms with van der Waals surface area (Å²) < 4.78 is 11.6. The highest BCUT2D eigenvalue weighted by molar-refractivity contribution is 8.68. The Morgan fingerprint density at radius 2 is 1.79 bits per heavy atom. The molecule has 0 amide bonds. The van der Waals surface area contributed by atoms with Crippen molar-refractivity contribution in [2.75, 3.05) is 13.2 Å². The number of Topliss-reactive ketones (excluding diaryl/α,β-unsaturated/α-hetero) is 1. The average molecular weight is 324 g/mol. The van der Waals surface area contributed by atoms with E-state index >= 15 is 0 Å². The van der Waals surface area contributed by atoms with Gasteiger partial charge in [0.1, 0.15) is 5.78 Å². The Morgan fingerprint density at radius 3 is 2.16 bits per heavy atom. The fraction of sp³-hybridized carbons (Fsp3) is 0.923. The molecule has 0 aromatic rings. The lowest BCUT2D eigenvalue weighted by Crippen LogP contribution is -2.34. The van der Waals surface area contributed by atoms with Crippen molar-refractivity contribution in [1.82, 2.24) is 0 Å². The molecule has 1 saturated heterocycles. The minimum Gasteiger partial charge on any atom is -0.321 e. The predicted molar refractivity (Wildman–Crippen MR) is 86.2 cm³/mol. The molecule has 0 unspecified atom stereocenters. The van der Waals surface area contributed by atoms with Crippen LogP contribution in [0.2, 0.25) is 0 Å². The summed E-state index contributed by atoms with van der Waals surface area (Å²) in [6.07, 6.45) is 2.58. The second kappa shape index (κ2) is 6.57. The zero-order valence-corrected chi connectivity index (χ0v) is 15.1. The Hall–Kier alpha value is 0.590. The van der Waals surface area contributed by atoms with E-state index in [0.717, 1.165) is 12.8 Å². The van der Waals surface area contributed by atoms with Gasteiger partial charge < -0.3 is 9.05 Å². The van der Waals surface area contributed by atoms with E-state index < -0.39 is 5.69 Å². The highest BCUT2D eigenvalue weighted by Crippen LogP contribution is 2.69. The monoisotopic (exact) mass is 324 g/mol. The third-order valence-electron chi connectivity index (χ3n) is 3.59. The Bertz CT molecular complexity index is 364. The summed E-state index contributed by atoms with van der Waals surface area (Å²) in [6.45, 7) is 11.4. The number of carbonyl (C=O) groups excluding carboxylic acids is 1. The summed E-state index contributed by atoms with van der Waals surface area (Å²) in [4.78, 5) is 11.3. The van der Waals surface area contributed by atoms with E-state index in [1.807, 2.05) is 13.8 Å². The van der Waals surface area contributed by atoms with E-state index in [9.17, 15) is 4.79 Å². The molecular formula is C13H25O3PS2. The quantitative estimate of drug-likeness (QED) is 0.670. The third-order valence-corrected chi connectivity index (χ3v) is 9.43. The molecule has 0 atom stereocenters. The Balaban J connectivity index is 2.66. The fourth-order valence-corrected chi connectivity index (χ4v) is 8.85. The molecule has 0 bridgehead atoms. The van der Waals surface area contributed by atoms with Gasteiger partial charge in [0.2, 0.25) is 5.69 Å². The van der Waals surface area contributed by atoms with Crippen molar-refractivity contribution < 1.29 is 13.8 Å². The van der Waals surface area contributed by atoms with E-state index in [0.29, 0.717) is 19.6 Å². The van der Waals surface area contributed by atoms with Crippen molar-refractivity contribution in [3.63, 3.8) is 0 Å². The Kier molecular flexibility index (Phi) is 6.10. The minimum absolute atomic E-state index is 0.119. The van der Waals surface area contributed by atoms with Crippen LogP contribution in [0.1, 0.15) is 53.9 Å². The SMILES string of the molecule is CCC1(CC)COP(=S)(SC(C)(C)CC(C)=O)OC1. The van der Waals surface area contributed by atoms with Crippen LogP contribution in [-0.2, 0) is 25.6 Å². The molecule has 0 radical (unpaired) electrons. The second-order valence-corrected chi connectivity index (χ2v) is 12.8. The molecule has 0 aromatic carbocycles. The molecule has 1 aliphatic rings. The van der Waals surface area contributed by atoms with Gasteiger partial charge in [0, 0.05) is 16.6 Å². The van der Waals surface area contributed by atoms with Crippen molar-refractivity contribution in [2.45, 2.75) is 58.6 Å². The van der Waals surface area contributed by atoms with Gasteiger partial charge in [-0.2, -0.15) is 0 Å². The van der Waals surface area contributed by atoms with E-state index in [4.69, 9.17) is 20.9 Å². The predicted octanol–water partition coefficient (Wildman–Crippen LogP) is 4.56. The van der Waals surface area contributed by atoms with Crippen molar-refractivity contribution in [1.29, 1.82) is 0 Å². The van der Waals surface area contributed by atoms with Crippen LogP contribution < -0.4 is 0 Å². The van der Waals surface area contributed by atoms with Gasteiger partial charge in [-0.1, -0.05) is 25.2 Å². The first-order valence-electron chi connectivity index (χ1n) is 6.75. The summed E-state index contributed by atoms with van der Waals surface area (Å²) in [7, 11) is 0. The van der Waals surface area contributed by atoms with Gasteiger partial charge in [-0.25, -0.2) is 0 Å². The molecule has 1 heterocycles.